The Bertz CT molecular complexity index is 1320. The minimum absolute atomic E-state index is 0.0860. The molecule has 184 valence electrons. The quantitative estimate of drug-likeness (QED) is 0.510. The van der Waals surface area contributed by atoms with Crippen molar-refractivity contribution in [1.82, 2.24) is 4.90 Å². The average Bonchev–Trinajstić information content (AvgIpc) is 2.84. The fourth-order valence-corrected chi connectivity index (χ4v) is 5.24. The molecule has 1 amide bonds. The van der Waals surface area contributed by atoms with Crippen LogP contribution in [0.5, 0.6) is 0 Å². The first-order valence-corrected chi connectivity index (χ1v) is 13.4. The molecule has 0 saturated carbocycles. The third-order valence-electron chi connectivity index (χ3n) is 6.56. The molecule has 1 aliphatic rings. The van der Waals surface area contributed by atoms with Crippen LogP contribution in [0.4, 0.5) is 15.8 Å². The van der Waals surface area contributed by atoms with Gasteiger partial charge >= 0.3 is 0 Å². The van der Waals surface area contributed by atoms with Gasteiger partial charge in [-0.3, -0.25) is 9.10 Å². The summed E-state index contributed by atoms with van der Waals surface area (Å²) in [7, 11) is -3.66. The number of amides is 1. The summed E-state index contributed by atoms with van der Waals surface area (Å²) in [5, 5.41) is 0. The average molecular weight is 496 g/mol. The van der Waals surface area contributed by atoms with E-state index in [1.54, 1.807) is 42.5 Å². The zero-order chi connectivity index (χ0) is 25.2. The predicted molar refractivity (Wildman–Crippen MR) is 138 cm³/mol. The van der Waals surface area contributed by atoms with Gasteiger partial charge in [0.2, 0.25) is 10.0 Å². The highest BCUT2D eigenvalue weighted by molar-refractivity contribution is 7.92. The first kappa shape index (κ1) is 24.7. The lowest BCUT2D eigenvalue weighted by atomic mass is 10.1. The van der Waals surface area contributed by atoms with Crippen LogP contribution in [-0.4, -0.2) is 51.7 Å². The lowest BCUT2D eigenvalue weighted by molar-refractivity contribution is 0.0747. The van der Waals surface area contributed by atoms with Crippen molar-refractivity contribution in [3.63, 3.8) is 0 Å². The van der Waals surface area contributed by atoms with Gasteiger partial charge in [-0.05, 0) is 61.4 Å². The standard InChI is InChI=1S/C27H30FN3O3S/c1-20-7-6-10-26(21(20)2)29-15-17-30(18-16-29)27(32)22-11-13-24(14-12-22)31(35(3,33)34)19-23-8-4-5-9-25(23)28/h4-14H,15-19H2,1-3H3. The van der Waals surface area contributed by atoms with Crippen molar-refractivity contribution < 1.29 is 17.6 Å². The third kappa shape index (κ3) is 5.48. The molecule has 0 unspecified atom stereocenters. The lowest BCUT2D eigenvalue weighted by Crippen LogP contribution is -2.49. The lowest BCUT2D eigenvalue weighted by Gasteiger charge is -2.37. The first-order chi connectivity index (χ1) is 16.6. The van der Waals surface area contributed by atoms with Crippen molar-refractivity contribution >= 4 is 27.3 Å². The summed E-state index contributed by atoms with van der Waals surface area (Å²) in [5.74, 6) is -0.551. The van der Waals surface area contributed by atoms with Gasteiger partial charge in [-0.25, -0.2) is 12.8 Å². The van der Waals surface area contributed by atoms with E-state index in [1.165, 1.54) is 22.9 Å². The minimum atomic E-state index is -3.66. The maximum absolute atomic E-state index is 14.1. The molecular weight excluding hydrogens is 465 g/mol. The molecule has 35 heavy (non-hydrogen) atoms. The summed E-state index contributed by atoms with van der Waals surface area (Å²) >= 11 is 0. The van der Waals surface area contributed by atoms with Crippen LogP contribution in [0.2, 0.25) is 0 Å². The highest BCUT2D eigenvalue weighted by Gasteiger charge is 2.24. The van der Waals surface area contributed by atoms with Crippen LogP contribution in [0.1, 0.15) is 27.0 Å². The molecular formula is C27H30FN3O3S. The van der Waals surface area contributed by atoms with Gasteiger partial charge in [0, 0.05) is 43.0 Å². The fraction of sp³-hybridized carbons (Fsp3) is 0.296. The smallest absolute Gasteiger partial charge is 0.253 e. The van der Waals surface area contributed by atoms with Crippen LogP contribution in [0.15, 0.2) is 66.7 Å². The molecule has 1 saturated heterocycles. The van der Waals surface area contributed by atoms with Crippen molar-refractivity contribution in [1.29, 1.82) is 0 Å². The van der Waals surface area contributed by atoms with Gasteiger partial charge in [0.1, 0.15) is 5.82 Å². The summed E-state index contributed by atoms with van der Waals surface area (Å²) in [6.45, 7) is 6.81. The van der Waals surface area contributed by atoms with Crippen LogP contribution >= 0.6 is 0 Å². The van der Waals surface area contributed by atoms with Gasteiger partial charge < -0.3 is 9.80 Å². The van der Waals surface area contributed by atoms with E-state index in [2.05, 4.69) is 36.9 Å². The summed E-state index contributed by atoms with van der Waals surface area (Å²) in [6.07, 6.45) is 1.09. The van der Waals surface area contributed by atoms with E-state index in [-0.39, 0.29) is 18.0 Å². The second-order valence-corrected chi connectivity index (χ2v) is 10.8. The number of hydrogen-bond acceptors (Lipinski definition) is 4. The van der Waals surface area contributed by atoms with Crippen LogP contribution in [0, 0.1) is 19.7 Å². The number of carbonyl (C=O) groups is 1. The fourth-order valence-electron chi connectivity index (χ4n) is 4.36. The Morgan fingerprint density at radius 1 is 0.914 bits per heavy atom. The zero-order valence-electron chi connectivity index (χ0n) is 20.2. The van der Waals surface area contributed by atoms with Crippen molar-refractivity contribution in [3.05, 3.63) is 94.8 Å². The SMILES string of the molecule is Cc1cccc(N2CCN(C(=O)c3ccc(N(Cc4ccccc4F)S(C)(=O)=O)cc3)CC2)c1C. The Balaban J connectivity index is 1.45. The number of rotatable bonds is 6. The molecule has 8 heteroatoms. The van der Waals surface area contributed by atoms with E-state index in [1.807, 2.05) is 4.90 Å². The summed E-state index contributed by atoms with van der Waals surface area (Å²) in [5.41, 5.74) is 4.87. The van der Waals surface area contributed by atoms with Gasteiger partial charge in [0.15, 0.2) is 0 Å². The molecule has 1 fully saturated rings. The number of hydrogen-bond donors (Lipinski definition) is 0. The summed E-state index contributed by atoms with van der Waals surface area (Å²) in [6, 6.07) is 18.8. The molecule has 4 rings (SSSR count). The second-order valence-electron chi connectivity index (χ2n) is 8.91. The molecule has 0 spiro atoms. The predicted octanol–water partition coefficient (Wildman–Crippen LogP) is 4.37. The number of benzene rings is 3. The Morgan fingerprint density at radius 3 is 2.20 bits per heavy atom. The number of sulfonamides is 1. The second kappa shape index (κ2) is 10.1. The van der Waals surface area contributed by atoms with E-state index in [0.717, 1.165) is 23.7 Å². The normalized spacial score (nSPS) is 14.2. The highest BCUT2D eigenvalue weighted by Crippen LogP contribution is 2.25. The molecule has 0 aromatic heterocycles. The van der Waals surface area contributed by atoms with Gasteiger partial charge in [-0.1, -0.05) is 30.3 Å². The van der Waals surface area contributed by atoms with Crippen LogP contribution in [0.25, 0.3) is 0 Å². The van der Waals surface area contributed by atoms with Gasteiger partial charge in [0.25, 0.3) is 5.91 Å². The molecule has 0 aliphatic carbocycles. The van der Waals surface area contributed by atoms with E-state index in [0.29, 0.717) is 24.3 Å². The van der Waals surface area contributed by atoms with Crippen molar-refractivity contribution in [3.8, 4) is 0 Å². The van der Waals surface area contributed by atoms with Gasteiger partial charge in [0.05, 0.1) is 18.5 Å². The van der Waals surface area contributed by atoms with Gasteiger partial charge in [-0.2, -0.15) is 0 Å². The molecule has 1 aliphatic heterocycles. The molecule has 0 bridgehead atoms. The highest BCUT2D eigenvalue weighted by atomic mass is 32.2. The van der Waals surface area contributed by atoms with E-state index in [4.69, 9.17) is 0 Å². The molecule has 3 aromatic rings. The minimum Gasteiger partial charge on any atom is -0.368 e. The molecule has 0 radical (unpaired) electrons. The van der Waals surface area contributed by atoms with Gasteiger partial charge in [-0.15, -0.1) is 0 Å². The summed E-state index contributed by atoms with van der Waals surface area (Å²) < 4.78 is 40.1. The molecule has 3 aromatic carbocycles. The largest absolute Gasteiger partial charge is 0.368 e. The maximum Gasteiger partial charge on any atom is 0.253 e. The monoisotopic (exact) mass is 495 g/mol. The first-order valence-electron chi connectivity index (χ1n) is 11.6. The van der Waals surface area contributed by atoms with Crippen LogP contribution in [-0.2, 0) is 16.6 Å². The Labute approximate surface area is 206 Å². The molecule has 0 atom stereocenters. The van der Waals surface area contributed by atoms with Crippen molar-refractivity contribution in [2.45, 2.75) is 20.4 Å². The maximum atomic E-state index is 14.1. The third-order valence-corrected chi connectivity index (χ3v) is 7.70. The molecule has 1 heterocycles. The van der Waals surface area contributed by atoms with E-state index < -0.39 is 15.8 Å². The van der Waals surface area contributed by atoms with E-state index >= 15 is 0 Å². The number of halogens is 1. The number of aryl methyl sites for hydroxylation is 1. The van der Waals surface area contributed by atoms with Crippen LogP contribution in [0.3, 0.4) is 0 Å². The topological polar surface area (TPSA) is 60.9 Å². The van der Waals surface area contributed by atoms with Crippen molar-refractivity contribution in [2.75, 3.05) is 41.6 Å². The molecule has 0 N–H and O–H groups in total. The van der Waals surface area contributed by atoms with Crippen LogP contribution < -0.4 is 9.21 Å². The number of anilines is 2. The van der Waals surface area contributed by atoms with Crippen molar-refractivity contribution in [2.24, 2.45) is 0 Å². The van der Waals surface area contributed by atoms with E-state index in [9.17, 15) is 17.6 Å². The Kier molecular flexibility index (Phi) is 7.12. The number of carbonyl (C=O) groups excluding carboxylic acids is 1. The number of nitrogens with zero attached hydrogens (tertiary/aromatic N) is 3. The zero-order valence-corrected chi connectivity index (χ0v) is 21.1. The Hall–Kier alpha value is -3.39. The summed E-state index contributed by atoms with van der Waals surface area (Å²) in [4.78, 5) is 17.2. The Morgan fingerprint density at radius 2 is 1.57 bits per heavy atom. The molecule has 6 nitrogen and oxygen atoms in total. The number of piperazine rings is 1.